The summed E-state index contributed by atoms with van der Waals surface area (Å²) >= 11 is 17.8. The van der Waals surface area contributed by atoms with Crippen LogP contribution in [-0.2, 0) is 0 Å². The van der Waals surface area contributed by atoms with Crippen molar-refractivity contribution >= 4 is 34.8 Å². The summed E-state index contributed by atoms with van der Waals surface area (Å²) in [5.41, 5.74) is 0.813. The van der Waals surface area contributed by atoms with E-state index >= 15 is 0 Å². The summed E-state index contributed by atoms with van der Waals surface area (Å²) in [6.45, 7) is 1.70. The molecule has 0 amide bonds. The first-order valence-corrected chi connectivity index (χ1v) is 6.71. The molecule has 2 rings (SSSR count). The molecule has 0 aliphatic heterocycles. The van der Waals surface area contributed by atoms with Crippen LogP contribution in [0.25, 0.3) is 0 Å². The number of benzene rings is 2. The summed E-state index contributed by atoms with van der Waals surface area (Å²) < 4.78 is 5.62. The average molecular weight is 318 g/mol. The van der Waals surface area contributed by atoms with Gasteiger partial charge in [0.2, 0.25) is 0 Å². The summed E-state index contributed by atoms with van der Waals surface area (Å²) in [6.07, 6.45) is -0.511. The maximum absolute atomic E-state index is 9.42. The van der Waals surface area contributed by atoms with E-state index in [-0.39, 0.29) is 0 Å². The van der Waals surface area contributed by atoms with Crippen LogP contribution in [0.4, 0.5) is 0 Å². The second-order valence-electron chi connectivity index (χ2n) is 4.04. The molecule has 0 aliphatic rings. The van der Waals surface area contributed by atoms with E-state index < -0.39 is 6.10 Å². The molecule has 0 spiro atoms. The van der Waals surface area contributed by atoms with Crippen LogP contribution in [-0.4, -0.2) is 5.11 Å². The van der Waals surface area contributed by atoms with Gasteiger partial charge in [-0.3, -0.25) is 0 Å². The number of hydrogen-bond acceptors (Lipinski definition) is 2. The molecule has 1 atom stereocenters. The molecule has 2 aromatic rings. The zero-order valence-corrected chi connectivity index (χ0v) is 12.3. The van der Waals surface area contributed by atoms with Crippen molar-refractivity contribution < 1.29 is 9.84 Å². The number of rotatable bonds is 3. The summed E-state index contributed by atoms with van der Waals surface area (Å²) in [7, 11) is 0. The van der Waals surface area contributed by atoms with Crippen LogP contribution in [0.2, 0.25) is 15.1 Å². The molecule has 0 fully saturated rings. The Morgan fingerprint density at radius 2 is 1.53 bits per heavy atom. The van der Waals surface area contributed by atoms with Crippen molar-refractivity contribution in [1.29, 1.82) is 0 Å². The van der Waals surface area contributed by atoms with E-state index in [0.29, 0.717) is 26.6 Å². The van der Waals surface area contributed by atoms with E-state index in [0.717, 1.165) is 5.56 Å². The summed E-state index contributed by atoms with van der Waals surface area (Å²) in [5, 5.41) is 10.6. The molecule has 100 valence electrons. The molecule has 0 heterocycles. The maximum atomic E-state index is 9.42. The minimum absolute atomic E-state index is 0.377. The molecular formula is C14H11Cl3O2. The highest BCUT2D eigenvalue weighted by Crippen LogP contribution is 2.36. The van der Waals surface area contributed by atoms with Crippen LogP contribution in [0.15, 0.2) is 36.4 Å². The Morgan fingerprint density at radius 3 is 2.11 bits per heavy atom. The van der Waals surface area contributed by atoms with Gasteiger partial charge in [0.25, 0.3) is 0 Å². The lowest BCUT2D eigenvalue weighted by Crippen LogP contribution is -1.91. The van der Waals surface area contributed by atoms with Gasteiger partial charge < -0.3 is 9.84 Å². The van der Waals surface area contributed by atoms with E-state index in [1.807, 2.05) is 0 Å². The van der Waals surface area contributed by atoms with Gasteiger partial charge in [-0.05, 0) is 30.7 Å². The summed E-state index contributed by atoms with van der Waals surface area (Å²) in [5.74, 6) is 1.03. The van der Waals surface area contributed by atoms with Crippen LogP contribution >= 0.6 is 34.8 Å². The summed E-state index contributed by atoms with van der Waals surface area (Å²) in [6, 6.07) is 10.2. The smallest absolute Gasteiger partial charge is 0.147 e. The van der Waals surface area contributed by atoms with Gasteiger partial charge in [0, 0.05) is 6.07 Å². The fourth-order valence-electron chi connectivity index (χ4n) is 1.52. The second-order valence-corrected chi connectivity index (χ2v) is 5.27. The number of aliphatic hydroxyl groups excluding tert-OH is 1. The molecule has 0 radical (unpaired) electrons. The van der Waals surface area contributed by atoms with Crippen LogP contribution in [0, 0.1) is 0 Å². The molecule has 19 heavy (non-hydrogen) atoms. The van der Waals surface area contributed by atoms with Crippen molar-refractivity contribution in [3.05, 3.63) is 57.0 Å². The first-order valence-electron chi connectivity index (χ1n) is 5.58. The molecule has 0 aliphatic carbocycles. The Bertz CT molecular complexity index is 580. The Labute approximate surface area is 126 Å². The average Bonchev–Trinajstić information content (AvgIpc) is 2.36. The van der Waals surface area contributed by atoms with E-state index in [9.17, 15) is 5.11 Å². The molecule has 0 saturated heterocycles. The largest absolute Gasteiger partial charge is 0.456 e. The van der Waals surface area contributed by atoms with E-state index in [4.69, 9.17) is 39.5 Å². The van der Waals surface area contributed by atoms with Crippen molar-refractivity contribution in [1.82, 2.24) is 0 Å². The fraction of sp³-hybridized carbons (Fsp3) is 0.143. The van der Waals surface area contributed by atoms with Gasteiger partial charge in [-0.15, -0.1) is 0 Å². The van der Waals surface area contributed by atoms with Crippen molar-refractivity contribution in [2.24, 2.45) is 0 Å². The van der Waals surface area contributed by atoms with Crippen LogP contribution < -0.4 is 4.74 Å². The quantitative estimate of drug-likeness (QED) is 0.758. The van der Waals surface area contributed by atoms with Gasteiger partial charge in [-0.25, -0.2) is 0 Å². The number of aliphatic hydroxyl groups is 1. The first-order chi connectivity index (χ1) is 8.97. The third-order valence-corrected chi connectivity index (χ3v) is 3.58. The minimum atomic E-state index is -0.511. The molecule has 5 heteroatoms. The van der Waals surface area contributed by atoms with Gasteiger partial charge in [0.05, 0.1) is 21.2 Å². The molecular weight excluding hydrogens is 307 g/mol. The fourth-order valence-corrected chi connectivity index (χ4v) is 2.10. The highest BCUT2D eigenvalue weighted by atomic mass is 35.5. The molecule has 0 aromatic heterocycles. The maximum Gasteiger partial charge on any atom is 0.147 e. The van der Waals surface area contributed by atoms with Gasteiger partial charge in [0.15, 0.2) is 0 Å². The lowest BCUT2D eigenvalue weighted by atomic mass is 10.1. The van der Waals surface area contributed by atoms with E-state index in [1.165, 1.54) is 6.07 Å². The monoisotopic (exact) mass is 316 g/mol. The number of ether oxygens (including phenoxy) is 1. The highest BCUT2D eigenvalue weighted by Gasteiger charge is 2.08. The Balaban J connectivity index is 2.24. The molecule has 2 aromatic carbocycles. The normalized spacial score (nSPS) is 12.3. The highest BCUT2D eigenvalue weighted by molar-refractivity contribution is 6.43. The topological polar surface area (TPSA) is 29.5 Å². The van der Waals surface area contributed by atoms with Gasteiger partial charge in [0.1, 0.15) is 11.5 Å². The Hall–Kier alpha value is -0.930. The molecule has 1 N–H and O–H groups in total. The molecule has 0 saturated carbocycles. The van der Waals surface area contributed by atoms with Gasteiger partial charge in [-0.1, -0.05) is 46.9 Å². The third-order valence-electron chi connectivity index (χ3n) is 2.57. The third kappa shape index (κ3) is 3.54. The predicted molar refractivity (Wildman–Crippen MR) is 78.6 cm³/mol. The number of hydrogen-bond donors (Lipinski definition) is 1. The summed E-state index contributed by atoms with van der Waals surface area (Å²) in [4.78, 5) is 0. The lowest BCUT2D eigenvalue weighted by molar-refractivity contribution is 0.199. The van der Waals surface area contributed by atoms with Gasteiger partial charge >= 0.3 is 0 Å². The van der Waals surface area contributed by atoms with Crippen LogP contribution in [0.3, 0.4) is 0 Å². The van der Waals surface area contributed by atoms with E-state index in [2.05, 4.69) is 0 Å². The SMILES string of the molecule is C[C@@H](O)c1ccc(Oc2cc(Cl)c(Cl)cc2Cl)cc1. The van der Waals surface area contributed by atoms with Crippen molar-refractivity contribution in [2.75, 3.05) is 0 Å². The zero-order chi connectivity index (χ0) is 14.0. The van der Waals surface area contributed by atoms with Crippen LogP contribution in [0.5, 0.6) is 11.5 Å². The second kappa shape index (κ2) is 6.02. The Morgan fingerprint density at radius 1 is 0.947 bits per heavy atom. The van der Waals surface area contributed by atoms with Gasteiger partial charge in [-0.2, -0.15) is 0 Å². The molecule has 0 unspecified atom stereocenters. The van der Waals surface area contributed by atoms with E-state index in [1.54, 1.807) is 37.3 Å². The first kappa shape index (κ1) is 14.5. The molecule has 0 bridgehead atoms. The van der Waals surface area contributed by atoms with Crippen LogP contribution in [0.1, 0.15) is 18.6 Å². The zero-order valence-electron chi connectivity index (χ0n) is 10.0. The predicted octanol–water partition coefficient (Wildman–Crippen LogP) is 5.49. The van der Waals surface area contributed by atoms with Crippen molar-refractivity contribution in [2.45, 2.75) is 13.0 Å². The van der Waals surface area contributed by atoms with Crippen molar-refractivity contribution in [3.63, 3.8) is 0 Å². The lowest BCUT2D eigenvalue weighted by Gasteiger charge is -2.10. The standard InChI is InChI=1S/C14H11Cl3O2/c1-8(18)9-2-4-10(5-3-9)19-14-7-12(16)11(15)6-13(14)17/h2-8,18H,1H3/t8-/m1/s1. The molecule has 2 nitrogen and oxygen atoms in total. The minimum Gasteiger partial charge on any atom is -0.456 e. The number of halogens is 3. The van der Waals surface area contributed by atoms with Crippen molar-refractivity contribution in [3.8, 4) is 11.5 Å². The Kier molecular flexibility index (Phi) is 4.58.